The third-order valence-corrected chi connectivity index (χ3v) is 5.96. The third kappa shape index (κ3) is 4.77. The Morgan fingerprint density at radius 2 is 1.94 bits per heavy atom. The van der Waals surface area contributed by atoms with Gasteiger partial charge in [0.15, 0.2) is 0 Å². The topological polar surface area (TPSA) is 112 Å². The van der Waals surface area contributed by atoms with Gasteiger partial charge < -0.3 is 15.8 Å². The van der Waals surface area contributed by atoms with Crippen molar-refractivity contribution < 1.29 is 9.53 Å². The number of ether oxygens (including phenoxy) is 1. The van der Waals surface area contributed by atoms with Gasteiger partial charge in [-0.05, 0) is 70.2 Å². The number of alkyl carbamates (subject to hydrolysis) is 1. The molecular weight excluding hydrogens is 465 g/mol. The standard InChI is InChI=1S/C23H25Cl2N5O3/c1-11-9-16(26)27-10-15(11)30-20(18(12-5-6-12)29-22(32)33-23(2,3)4)28-19-14(25)8-7-13(24)17(19)21(30)31/h7-10,12,18H,5-6H2,1-4H3,(H2,26,27)(H,29,32)/t18-/m0/s1. The van der Waals surface area contributed by atoms with Gasteiger partial charge in [-0.2, -0.15) is 0 Å². The first kappa shape index (κ1) is 23.3. The monoisotopic (exact) mass is 489 g/mol. The molecule has 10 heteroatoms. The van der Waals surface area contributed by atoms with Gasteiger partial charge in [0.25, 0.3) is 5.56 Å². The van der Waals surface area contributed by atoms with Crippen molar-refractivity contribution in [2.75, 3.05) is 5.73 Å². The Morgan fingerprint density at radius 3 is 2.55 bits per heavy atom. The van der Waals surface area contributed by atoms with Crippen molar-refractivity contribution in [3.8, 4) is 5.69 Å². The number of carbonyl (C=O) groups is 1. The van der Waals surface area contributed by atoms with Gasteiger partial charge in [0.2, 0.25) is 0 Å². The van der Waals surface area contributed by atoms with Gasteiger partial charge in [-0.3, -0.25) is 9.36 Å². The molecule has 0 aliphatic heterocycles. The zero-order chi connectivity index (χ0) is 24.1. The summed E-state index contributed by atoms with van der Waals surface area (Å²) >= 11 is 12.8. The van der Waals surface area contributed by atoms with Crippen LogP contribution in [0.1, 0.15) is 51.0 Å². The lowest BCUT2D eigenvalue weighted by molar-refractivity contribution is 0.0493. The average Bonchev–Trinajstić information content (AvgIpc) is 3.53. The second kappa shape index (κ2) is 8.50. The molecule has 3 aromatic rings. The molecule has 4 rings (SSSR count). The van der Waals surface area contributed by atoms with Crippen molar-refractivity contribution in [1.29, 1.82) is 0 Å². The molecule has 3 N–H and O–H groups in total. The lowest BCUT2D eigenvalue weighted by Gasteiger charge is -2.26. The number of nitrogens with one attached hydrogen (secondary N) is 1. The number of hydrogen-bond donors (Lipinski definition) is 2. The van der Waals surface area contributed by atoms with Crippen LogP contribution in [0.3, 0.4) is 0 Å². The molecule has 1 saturated carbocycles. The Labute approximate surface area is 201 Å². The molecule has 1 amide bonds. The van der Waals surface area contributed by atoms with E-state index < -0.39 is 23.3 Å². The summed E-state index contributed by atoms with van der Waals surface area (Å²) in [4.78, 5) is 35.4. The molecule has 2 aromatic heterocycles. The van der Waals surface area contributed by atoms with Crippen molar-refractivity contribution in [3.05, 3.63) is 56.2 Å². The van der Waals surface area contributed by atoms with E-state index in [0.717, 1.165) is 18.4 Å². The van der Waals surface area contributed by atoms with Crippen LogP contribution in [-0.2, 0) is 4.74 Å². The van der Waals surface area contributed by atoms with Crippen LogP contribution in [0.4, 0.5) is 10.6 Å². The zero-order valence-electron chi connectivity index (χ0n) is 18.8. The zero-order valence-corrected chi connectivity index (χ0v) is 20.3. The molecule has 0 radical (unpaired) electrons. The van der Waals surface area contributed by atoms with Gasteiger partial charge in [0, 0.05) is 0 Å². The summed E-state index contributed by atoms with van der Waals surface area (Å²) in [6.07, 6.45) is 2.66. The number of carbonyl (C=O) groups excluding carboxylic acids is 1. The lowest BCUT2D eigenvalue weighted by atomic mass is 10.1. The Balaban J connectivity index is 1.98. The summed E-state index contributed by atoms with van der Waals surface area (Å²) in [6, 6.07) is 4.24. The molecule has 174 valence electrons. The normalized spacial score (nSPS) is 14.8. The third-order valence-electron chi connectivity index (χ3n) is 5.34. The largest absolute Gasteiger partial charge is 0.444 e. The van der Waals surface area contributed by atoms with Gasteiger partial charge in [0.1, 0.15) is 17.2 Å². The molecule has 0 spiro atoms. The van der Waals surface area contributed by atoms with E-state index in [9.17, 15) is 9.59 Å². The van der Waals surface area contributed by atoms with E-state index in [1.165, 1.54) is 10.8 Å². The van der Waals surface area contributed by atoms with Crippen LogP contribution in [0.2, 0.25) is 10.0 Å². The molecule has 0 saturated heterocycles. The lowest BCUT2D eigenvalue weighted by Crippen LogP contribution is -2.39. The maximum absolute atomic E-state index is 13.8. The summed E-state index contributed by atoms with van der Waals surface area (Å²) in [5.41, 5.74) is 6.23. The SMILES string of the molecule is Cc1cc(N)ncc1-n1c([C@@H](NC(=O)OC(C)(C)C)C2CC2)nc2c(Cl)ccc(Cl)c2c1=O. The predicted octanol–water partition coefficient (Wildman–Crippen LogP) is 4.95. The number of aromatic nitrogens is 3. The predicted molar refractivity (Wildman–Crippen MR) is 129 cm³/mol. The summed E-state index contributed by atoms with van der Waals surface area (Å²) < 4.78 is 6.91. The van der Waals surface area contributed by atoms with E-state index in [-0.39, 0.29) is 21.8 Å². The highest BCUT2D eigenvalue weighted by molar-refractivity contribution is 6.39. The Kier molecular flexibility index (Phi) is 6.01. The van der Waals surface area contributed by atoms with E-state index in [2.05, 4.69) is 10.3 Å². The van der Waals surface area contributed by atoms with Gasteiger partial charge >= 0.3 is 6.09 Å². The number of nitrogens with two attached hydrogens (primary N) is 1. The van der Waals surface area contributed by atoms with Crippen LogP contribution in [0.15, 0.2) is 29.2 Å². The number of aryl methyl sites for hydroxylation is 1. The highest BCUT2D eigenvalue weighted by atomic mass is 35.5. The average molecular weight is 490 g/mol. The fraction of sp³-hybridized carbons (Fsp3) is 0.391. The first-order chi connectivity index (χ1) is 15.5. The second-order valence-corrected chi connectivity index (χ2v) is 10.0. The number of hydrogen-bond acceptors (Lipinski definition) is 6. The van der Waals surface area contributed by atoms with Gasteiger partial charge in [-0.15, -0.1) is 0 Å². The molecule has 1 fully saturated rings. The van der Waals surface area contributed by atoms with Crippen molar-refractivity contribution in [2.24, 2.45) is 5.92 Å². The van der Waals surface area contributed by atoms with Gasteiger partial charge in [-0.25, -0.2) is 14.8 Å². The number of pyridine rings is 1. The van der Waals surface area contributed by atoms with Gasteiger partial charge in [0.05, 0.1) is 38.9 Å². The minimum Gasteiger partial charge on any atom is -0.444 e. The summed E-state index contributed by atoms with van der Waals surface area (Å²) in [6.45, 7) is 7.18. The fourth-order valence-electron chi connectivity index (χ4n) is 3.74. The first-order valence-corrected chi connectivity index (χ1v) is 11.3. The van der Waals surface area contributed by atoms with Crippen molar-refractivity contribution >= 4 is 46.0 Å². The maximum Gasteiger partial charge on any atom is 0.408 e. The Morgan fingerprint density at radius 1 is 1.27 bits per heavy atom. The molecule has 2 heterocycles. The number of anilines is 1. The van der Waals surface area contributed by atoms with E-state index in [0.29, 0.717) is 22.4 Å². The molecule has 8 nitrogen and oxygen atoms in total. The molecular formula is C23H25Cl2N5O3. The molecule has 0 bridgehead atoms. The highest BCUT2D eigenvalue weighted by Crippen LogP contribution is 2.41. The minimum absolute atomic E-state index is 0.0909. The van der Waals surface area contributed by atoms with E-state index in [4.69, 9.17) is 38.7 Å². The van der Waals surface area contributed by atoms with Crippen LogP contribution in [0, 0.1) is 12.8 Å². The number of nitrogens with zero attached hydrogens (tertiary/aromatic N) is 3. The maximum atomic E-state index is 13.8. The van der Waals surface area contributed by atoms with Crippen LogP contribution in [-0.4, -0.2) is 26.2 Å². The number of halogens is 2. The van der Waals surface area contributed by atoms with E-state index in [1.54, 1.807) is 39.0 Å². The Bertz CT molecular complexity index is 1310. The number of rotatable bonds is 4. The first-order valence-electron chi connectivity index (χ1n) is 10.6. The van der Waals surface area contributed by atoms with Gasteiger partial charge in [-0.1, -0.05) is 23.2 Å². The van der Waals surface area contributed by atoms with Crippen LogP contribution >= 0.6 is 23.2 Å². The smallest absolute Gasteiger partial charge is 0.408 e. The van der Waals surface area contributed by atoms with E-state index >= 15 is 0 Å². The highest BCUT2D eigenvalue weighted by Gasteiger charge is 2.38. The number of fused-ring (bicyclic) bond motifs is 1. The minimum atomic E-state index is -0.678. The second-order valence-electron chi connectivity index (χ2n) is 9.22. The summed E-state index contributed by atoms with van der Waals surface area (Å²) in [5.74, 6) is 0.749. The summed E-state index contributed by atoms with van der Waals surface area (Å²) in [7, 11) is 0. The van der Waals surface area contributed by atoms with Crippen molar-refractivity contribution in [1.82, 2.24) is 19.9 Å². The Hall–Kier alpha value is -2.84. The number of nitrogen functional groups attached to an aromatic ring is 1. The number of benzene rings is 1. The number of amides is 1. The molecule has 33 heavy (non-hydrogen) atoms. The van der Waals surface area contributed by atoms with Crippen LogP contribution < -0.4 is 16.6 Å². The molecule has 1 aromatic carbocycles. The molecule has 1 aliphatic carbocycles. The van der Waals surface area contributed by atoms with Crippen LogP contribution in [0.5, 0.6) is 0 Å². The molecule has 0 unspecified atom stereocenters. The van der Waals surface area contributed by atoms with E-state index in [1.807, 2.05) is 6.92 Å². The summed E-state index contributed by atoms with van der Waals surface area (Å²) in [5, 5.41) is 3.63. The quantitative estimate of drug-likeness (QED) is 0.535. The fourth-order valence-corrected chi connectivity index (χ4v) is 4.17. The molecule has 1 atom stereocenters. The molecule has 1 aliphatic rings. The van der Waals surface area contributed by atoms with Crippen molar-refractivity contribution in [3.63, 3.8) is 0 Å². The van der Waals surface area contributed by atoms with Crippen molar-refractivity contribution in [2.45, 2.75) is 52.2 Å². The van der Waals surface area contributed by atoms with Crippen LogP contribution in [0.25, 0.3) is 16.6 Å².